The molecule has 130 valence electrons. The number of carbonyl (C=O) groups excluding carboxylic acids is 2. The molecule has 5 nitrogen and oxygen atoms in total. The highest BCUT2D eigenvalue weighted by molar-refractivity contribution is 6.06. The summed E-state index contributed by atoms with van der Waals surface area (Å²) in [5.74, 6) is -1.13. The molecule has 2 amide bonds. The fraction of sp³-hybridized carbons (Fsp3) is 0.0500. The fourth-order valence-electron chi connectivity index (χ4n) is 2.28. The summed E-state index contributed by atoms with van der Waals surface area (Å²) >= 11 is 0. The first-order valence-electron chi connectivity index (χ1n) is 7.92. The van der Waals surface area contributed by atoms with Gasteiger partial charge in [-0.3, -0.25) is 14.6 Å². The third-order valence-electron chi connectivity index (χ3n) is 3.76. The Morgan fingerprint density at radius 1 is 0.885 bits per heavy atom. The number of amides is 2. The van der Waals surface area contributed by atoms with Gasteiger partial charge in [-0.25, -0.2) is 4.39 Å². The maximum Gasteiger partial charge on any atom is 0.255 e. The molecule has 6 heteroatoms. The lowest BCUT2D eigenvalue weighted by molar-refractivity contribution is 0.101. The third-order valence-corrected chi connectivity index (χ3v) is 3.76. The first kappa shape index (κ1) is 17.3. The van der Waals surface area contributed by atoms with Crippen LogP contribution in [0.1, 0.15) is 26.3 Å². The van der Waals surface area contributed by atoms with Crippen LogP contribution >= 0.6 is 0 Å². The second-order valence-corrected chi connectivity index (χ2v) is 5.69. The second-order valence-electron chi connectivity index (χ2n) is 5.69. The Bertz CT molecular complexity index is 941. The van der Waals surface area contributed by atoms with Crippen LogP contribution in [0.15, 0.2) is 67.0 Å². The Morgan fingerprint density at radius 3 is 2.19 bits per heavy atom. The maximum atomic E-state index is 13.6. The van der Waals surface area contributed by atoms with E-state index in [0.29, 0.717) is 22.5 Å². The number of benzene rings is 2. The summed E-state index contributed by atoms with van der Waals surface area (Å²) in [6.07, 6.45) is 3.17. The van der Waals surface area contributed by atoms with Crippen molar-refractivity contribution in [3.8, 4) is 0 Å². The zero-order valence-corrected chi connectivity index (χ0v) is 14.0. The van der Waals surface area contributed by atoms with Crippen molar-refractivity contribution in [1.29, 1.82) is 0 Å². The van der Waals surface area contributed by atoms with E-state index in [2.05, 4.69) is 15.6 Å². The molecule has 0 bridgehead atoms. The SMILES string of the molecule is Cc1ccc(C(=O)Nc2ccc(C(=O)Nc3cccnc3)cc2)cc1F. The van der Waals surface area contributed by atoms with Gasteiger partial charge in [0.05, 0.1) is 11.9 Å². The Kier molecular flexibility index (Phi) is 5.03. The molecule has 1 heterocycles. The normalized spacial score (nSPS) is 10.2. The van der Waals surface area contributed by atoms with Crippen LogP contribution in [-0.4, -0.2) is 16.8 Å². The van der Waals surface area contributed by atoms with Crippen LogP contribution in [-0.2, 0) is 0 Å². The van der Waals surface area contributed by atoms with Crippen LogP contribution in [0.5, 0.6) is 0 Å². The van der Waals surface area contributed by atoms with Gasteiger partial charge in [0.2, 0.25) is 0 Å². The summed E-state index contributed by atoms with van der Waals surface area (Å²) in [4.78, 5) is 28.3. The number of hydrogen-bond acceptors (Lipinski definition) is 3. The van der Waals surface area contributed by atoms with Crippen LogP contribution in [0.25, 0.3) is 0 Å². The molecule has 0 spiro atoms. The number of aromatic nitrogens is 1. The Morgan fingerprint density at radius 2 is 1.54 bits per heavy atom. The summed E-state index contributed by atoms with van der Waals surface area (Å²) < 4.78 is 13.6. The smallest absolute Gasteiger partial charge is 0.255 e. The molecule has 0 atom stereocenters. The van der Waals surface area contributed by atoms with E-state index < -0.39 is 11.7 Å². The molecular weight excluding hydrogens is 333 g/mol. The third kappa shape index (κ3) is 4.10. The van der Waals surface area contributed by atoms with E-state index in [9.17, 15) is 14.0 Å². The monoisotopic (exact) mass is 349 g/mol. The number of rotatable bonds is 4. The van der Waals surface area contributed by atoms with Crippen LogP contribution in [0.4, 0.5) is 15.8 Å². The molecule has 0 aliphatic heterocycles. The zero-order chi connectivity index (χ0) is 18.5. The van der Waals surface area contributed by atoms with Gasteiger partial charge >= 0.3 is 0 Å². The van der Waals surface area contributed by atoms with Gasteiger partial charge in [0.15, 0.2) is 0 Å². The highest BCUT2D eigenvalue weighted by Gasteiger charge is 2.10. The van der Waals surface area contributed by atoms with Crippen LogP contribution in [0, 0.1) is 12.7 Å². The first-order valence-corrected chi connectivity index (χ1v) is 7.92. The summed E-state index contributed by atoms with van der Waals surface area (Å²) in [5.41, 5.74) is 2.25. The lowest BCUT2D eigenvalue weighted by Crippen LogP contribution is -2.14. The minimum absolute atomic E-state index is 0.228. The average molecular weight is 349 g/mol. The van der Waals surface area contributed by atoms with Crippen molar-refractivity contribution in [2.75, 3.05) is 10.6 Å². The van der Waals surface area contributed by atoms with Gasteiger partial charge in [0, 0.05) is 23.0 Å². The molecule has 0 aliphatic carbocycles. The van der Waals surface area contributed by atoms with E-state index in [0.717, 1.165) is 0 Å². The van der Waals surface area contributed by atoms with E-state index >= 15 is 0 Å². The minimum atomic E-state index is -0.430. The molecule has 0 saturated carbocycles. The summed E-state index contributed by atoms with van der Waals surface area (Å²) in [5, 5.41) is 5.40. The molecule has 0 fully saturated rings. The Labute approximate surface area is 149 Å². The number of hydrogen-bond donors (Lipinski definition) is 2. The Hall–Kier alpha value is -3.54. The summed E-state index contributed by atoms with van der Waals surface area (Å²) in [6.45, 7) is 1.63. The molecule has 0 radical (unpaired) electrons. The number of pyridine rings is 1. The largest absolute Gasteiger partial charge is 0.322 e. The molecule has 26 heavy (non-hydrogen) atoms. The van der Waals surface area contributed by atoms with E-state index in [-0.39, 0.29) is 11.5 Å². The molecule has 2 N–H and O–H groups in total. The van der Waals surface area contributed by atoms with E-state index in [1.54, 1.807) is 67.8 Å². The quantitative estimate of drug-likeness (QED) is 0.747. The van der Waals surface area contributed by atoms with Gasteiger partial charge in [-0.2, -0.15) is 0 Å². The lowest BCUT2D eigenvalue weighted by Gasteiger charge is -2.08. The van der Waals surface area contributed by atoms with Gasteiger partial charge in [0.25, 0.3) is 11.8 Å². The van der Waals surface area contributed by atoms with Crippen molar-refractivity contribution in [1.82, 2.24) is 4.98 Å². The predicted octanol–water partition coefficient (Wildman–Crippen LogP) is 4.03. The molecule has 0 saturated heterocycles. The van der Waals surface area contributed by atoms with E-state index in [4.69, 9.17) is 0 Å². The van der Waals surface area contributed by atoms with Crippen LogP contribution in [0.3, 0.4) is 0 Å². The highest BCUT2D eigenvalue weighted by atomic mass is 19.1. The van der Waals surface area contributed by atoms with Gasteiger partial charge in [0.1, 0.15) is 5.82 Å². The summed E-state index contributed by atoms with van der Waals surface area (Å²) in [6, 6.07) is 14.2. The Balaban J connectivity index is 1.66. The van der Waals surface area contributed by atoms with E-state index in [1.807, 2.05) is 0 Å². The molecule has 0 unspecified atom stereocenters. The topological polar surface area (TPSA) is 71.1 Å². The molecule has 1 aromatic heterocycles. The number of nitrogens with one attached hydrogen (secondary N) is 2. The van der Waals surface area contributed by atoms with Gasteiger partial charge < -0.3 is 10.6 Å². The summed E-state index contributed by atoms with van der Waals surface area (Å²) in [7, 11) is 0. The first-order chi connectivity index (χ1) is 12.5. The van der Waals surface area contributed by atoms with Crippen molar-refractivity contribution in [3.63, 3.8) is 0 Å². The lowest BCUT2D eigenvalue weighted by atomic mass is 10.1. The van der Waals surface area contributed by atoms with Crippen molar-refractivity contribution in [2.45, 2.75) is 6.92 Å². The number of nitrogens with zero attached hydrogens (tertiary/aromatic N) is 1. The molecule has 2 aromatic carbocycles. The minimum Gasteiger partial charge on any atom is -0.322 e. The van der Waals surface area contributed by atoms with Gasteiger partial charge in [-0.15, -0.1) is 0 Å². The van der Waals surface area contributed by atoms with Gasteiger partial charge in [-0.1, -0.05) is 6.07 Å². The fourth-order valence-corrected chi connectivity index (χ4v) is 2.28. The molecule has 3 aromatic rings. The average Bonchev–Trinajstić information content (AvgIpc) is 2.65. The highest BCUT2D eigenvalue weighted by Crippen LogP contribution is 2.15. The number of anilines is 2. The maximum absolute atomic E-state index is 13.6. The molecule has 3 rings (SSSR count). The van der Waals surface area contributed by atoms with Crippen LogP contribution in [0.2, 0.25) is 0 Å². The molecule has 0 aliphatic rings. The standard InChI is InChI=1S/C20H16FN3O2/c1-13-4-5-15(11-18(13)21)20(26)23-16-8-6-14(7-9-16)19(25)24-17-3-2-10-22-12-17/h2-12H,1H3,(H,23,26)(H,24,25). The van der Waals surface area contributed by atoms with Crippen LogP contribution < -0.4 is 10.6 Å². The number of halogens is 1. The number of carbonyl (C=O) groups is 2. The molecular formula is C20H16FN3O2. The number of aryl methyl sites for hydroxylation is 1. The van der Waals surface area contributed by atoms with Crippen molar-refractivity contribution in [3.05, 3.63) is 89.5 Å². The van der Waals surface area contributed by atoms with Crippen molar-refractivity contribution < 1.29 is 14.0 Å². The second kappa shape index (κ2) is 7.57. The van der Waals surface area contributed by atoms with E-state index in [1.165, 1.54) is 6.07 Å². The zero-order valence-electron chi connectivity index (χ0n) is 14.0. The van der Waals surface area contributed by atoms with Crippen molar-refractivity contribution >= 4 is 23.2 Å². The van der Waals surface area contributed by atoms with Gasteiger partial charge in [-0.05, 0) is 61.0 Å². The predicted molar refractivity (Wildman–Crippen MR) is 97.7 cm³/mol. The van der Waals surface area contributed by atoms with Crippen molar-refractivity contribution in [2.24, 2.45) is 0 Å².